The predicted octanol–water partition coefficient (Wildman–Crippen LogP) is 2.18. The molecule has 0 spiro atoms. The van der Waals surface area contributed by atoms with Crippen LogP contribution in [0, 0.1) is 6.92 Å². The summed E-state index contributed by atoms with van der Waals surface area (Å²) in [6.45, 7) is 1.84. The molecule has 2 heterocycles. The van der Waals surface area contributed by atoms with Crippen LogP contribution in [-0.4, -0.2) is 20.0 Å². The second-order valence-corrected chi connectivity index (χ2v) is 4.87. The summed E-state index contributed by atoms with van der Waals surface area (Å²) in [7, 11) is 0. The number of rotatable bonds is 1. The van der Waals surface area contributed by atoms with Crippen LogP contribution in [0.4, 0.5) is 0 Å². The number of aryl methyl sites for hydroxylation is 1. The van der Waals surface area contributed by atoms with E-state index in [1.54, 1.807) is 4.68 Å². The summed E-state index contributed by atoms with van der Waals surface area (Å²) in [6, 6.07) is 7.71. The van der Waals surface area contributed by atoms with Crippen molar-refractivity contribution in [3.63, 3.8) is 0 Å². The first-order chi connectivity index (χ1) is 8.65. The van der Waals surface area contributed by atoms with E-state index in [9.17, 15) is 4.79 Å². The Labute approximate surface area is 111 Å². The summed E-state index contributed by atoms with van der Waals surface area (Å²) in [5.74, 6) is 0. The van der Waals surface area contributed by atoms with E-state index in [-0.39, 0.29) is 5.56 Å². The summed E-state index contributed by atoms with van der Waals surface area (Å²) in [5, 5.41) is 11.4. The average Bonchev–Trinajstić information content (AvgIpc) is 2.80. The van der Waals surface area contributed by atoms with Crippen molar-refractivity contribution < 1.29 is 0 Å². The van der Waals surface area contributed by atoms with Gasteiger partial charge in [0.2, 0.25) is 0 Å². The standard InChI is InChI=1S/C12H9BrN4O/c1-7-10-6-17(9-4-2-3-8(13)5-9)16-11(10)12(18)15-14-7/h2-6H,1H3,(H,15,18). The van der Waals surface area contributed by atoms with Gasteiger partial charge in [0.15, 0.2) is 5.52 Å². The maximum Gasteiger partial charge on any atom is 0.292 e. The molecule has 1 aromatic carbocycles. The Balaban J connectivity index is 2.29. The molecule has 0 unspecified atom stereocenters. The molecule has 0 saturated heterocycles. The van der Waals surface area contributed by atoms with Crippen molar-refractivity contribution in [1.82, 2.24) is 20.0 Å². The van der Waals surface area contributed by atoms with Gasteiger partial charge in [0.1, 0.15) is 0 Å². The van der Waals surface area contributed by atoms with Crippen LogP contribution in [0.25, 0.3) is 16.6 Å². The van der Waals surface area contributed by atoms with E-state index in [2.05, 4.69) is 31.2 Å². The highest BCUT2D eigenvalue weighted by Gasteiger charge is 2.09. The highest BCUT2D eigenvalue weighted by molar-refractivity contribution is 9.10. The Hall–Kier alpha value is -1.95. The maximum atomic E-state index is 11.6. The number of H-pyrrole nitrogens is 1. The van der Waals surface area contributed by atoms with Crippen LogP contribution in [0.3, 0.4) is 0 Å². The van der Waals surface area contributed by atoms with Gasteiger partial charge in [0, 0.05) is 16.1 Å². The van der Waals surface area contributed by atoms with Crippen LogP contribution in [-0.2, 0) is 0 Å². The molecular weight excluding hydrogens is 296 g/mol. The molecule has 0 aliphatic heterocycles. The van der Waals surface area contributed by atoms with E-state index in [0.717, 1.165) is 21.2 Å². The molecule has 0 saturated carbocycles. The molecule has 0 aliphatic rings. The SMILES string of the molecule is Cc1n[nH]c(=O)c2nn(-c3cccc(Br)c3)cc12. The smallest absolute Gasteiger partial charge is 0.265 e. The minimum Gasteiger partial charge on any atom is -0.265 e. The Morgan fingerprint density at radius 1 is 1.39 bits per heavy atom. The Morgan fingerprint density at radius 2 is 2.22 bits per heavy atom. The van der Waals surface area contributed by atoms with Crippen molar-refractivity contribution >= 4 is 26.8 Å². The molecule has 0 atom stereocenters. The lowest BCUT2D eigenvalue weighted by Crippen LogP contribution is -2.09. The number of hydrogen-bond acceptors (Lipinski definition) is 3. The van der Waals surface area contributed by atoms with Crippen molar-refractivity contribution in [3.8, 4) is 5.69 Å². The molecule has 6 heteroatoms. The lowest BCUT2D eigenvalue weighted by Gasteiger charge is -2.00. The van der Waals surface area contributed by atoms with Crippen LogP contribution < -0.4 is 5.56 Å². The van der Waals surface area contributed by atoms with E-state index in [1.807, 2.05) is 37.4 Å². The molecule has 0 bridgehead atoms. The van der Waals surface area contributed by atoms with Crippen molar-refractivity contribution in [3.05, 3.63) is 51.0 Å². The normalized spacial score (nSPS) is 11.0. The number of aromatic nitrogens is 4. The number of halogens is 1. The molecule has 5 nitrogen and oxygen atoms in total. The van der Waals surface area contributed by atoms with Gasteiger partial charge in [-0.05, 0) is 25.1 Å². The number of fused-ring (bicyclic) bond motifs is 1. The molecule has 3 aromatic rings. The number of nitrogens with zero attached hydrogens (tertiary/aromatic N) is 3. The summed E-state index contributed by atoms with van der Waals surface area (Å²) in [6.07, 6.45) is 1.81. The zero-order valence-corrected chi connectivity index (χ0v) is 11.1. The third-order valence-corrected chi connectivity index (χ3v) is 3.21. The first-order valence-corrected chi connectivity index (χ1v) is 6.15. The van der Waals surface area contributed by atoms with Crippen LogP contribution in [0.15, 0.2) is 39.7 Å². The number of aromatic amines is 1. The van der Waals surface area contributed by atoms with E-state index < -0.39 is 0 Å². The van der Waals surface area contributed by atoms with Gasteiger partial charge in [-0.3, -0.25) is 4.79 Å². The molecule has 0 aliphatic carbocycles. The first-order valence-electron chi connectivity index (χ1n) is 5.36. The largest absolute Gasteiger partial charge is 0.292 e. The minimum absolute atomic E-state index is 0.274. The molecule has 3 rings (SSSR count). The number of hydrogen-bond donors (Lipinski definition) is 1. The van der Waals surface area contributed by atoms with Crippen LogP contribution in [0.1, 0.15) is 5.69 Å². The van der Waals surface area contributed by atoms with Gasteiger partial charge >= 0.3 is 0 Å². The lowest BCUT2D eigenvalue weighted by molar-refractivity contribution is 0.889. The van der Waals surface area contributed by atoms with Crippen LogP contribution >= 0.6 is 15.9 Å². The van der Waals surface area contributed by atoms with Crippen molar-refractivity contribution in [2.75, 3.05) is 0 Å². The van der Waals surface area contributed by atoms with Gasteiger partial charge in [-0.1, -0.05) is 22.0 Å². The second kappa shape index (κ2) is 4.06. The van der Waals surface area contributed by atoms with E-state index in [4.69, 9.17) is 0 Å². The van der Waals surface area contributed by atoms with Crippen molar-refractivity contribution in [2.24, 2.45) is 0 Å². The fourth-order valence-electron chi connectivity index (χ4n) is 1.81. The Morgan fingerprint density at radius 3 is 2.94 bits per heavy atom. The zero-order valence-electron chi connectivity index (χ0n) is 9.51. The van der Waals surface area contributed by atoms with Crippen LogP contribution in [0.2, 0.25) is 0 Å². The van der Waals surface area contributed by atoms with Gasteiger partial charge in [0.05, 0.1) is 11.4 Å². The highest BCUT2D eigenvalue weighted by Crippen LogP contribution is 2.18. The third-order valence-electron chi connectivity index (χ3n) is 2.72. The fourth-order valence-corrected chi connectivity index (χ4v) is 2.19. The zero-order chi connectivity index (χ0) is 12.7. The molecule has 2 aromatic heterocycles. The quantitative estimate of drug-likeness (QED) is 0.749. The number of nitrogens with one attached hydrogen (secondary N) is 1. The predicted molar refractivity (Wildman–Crippen MR) is 71.9 cm³/mol. The summed E-state index contributed by atoms with van der Waals surface area (Å²) in [4.78, 5) is 11.6. The third kappa shape index (κ3) is 1.74. The van der Waals surface area contributed by atoms with Crippen molar-refractivity contribution in [1.29, 1.82) is 0 Å². The second-order valence-electron chi connectivity index (χ2n) is 3.95. The molecule has 0 amide bonds. The minimum atomic E-state index is -0.274. The summed E-state index contributed by atoms with van der Waals surface area (Å²) >= 11 is 3.41. The summed E-state index contributed by atoms with van der Waals surface area (Å²) < 4.78 is 2.64. The molecular formula is C12H9BrN4O. The fraction of sp³-hybridized carbons (Fsp3) is 0.0833. The highest BCUT2D eigenvalue weighted by atomic mass is 79.9. The topological polar surface area (TPSA) is 63.6 Å². The number of benzene rings is 1. The van der Waals surface area contributed by atoms with Gasteiger partial charge in [-0.2, -0.15) is 10.2 Å². The van der Waals surface area contributed by atoms with E-state index in [1.165, 1.54) is 0 Å². The molecule has 18 heavy (non-hydrogen) atoms. The molecule has 0 fully saturated rings. The lowest BCUT2D eigenvalue weighted by atomic mass is 10.3. The van der Waals surface area contributed by atoms with Crippen LogP contribution in [0.5, 0.6) is 0 Å². The summed E-state index contributed by atoms with van der Waals surface area (Å²) in [5.41, 5.74) is 1.78. The molecule has 90 valence electrons. The van der Waals surface area contributed by atoms with Gasteiger partial charge in [-0.15, -0.1) is 0 Å². The monoisotopic (exact) mass is 304 g/mol. The molecule has 0 radical (unpaired) electrons. The van der Waals surface area contributed by atoms with Gasteiger partial charge in [0.25, 0.3) is 5.56 Å². The maximum absolute atomic E-state index is 11.6. The Kier molecular flexibility index (Phi) is 2.52. The Bertz CT molecular complexity index is 790. The average molecular weight is 305 g/mol. The van der Waals surface area contributed by atoms with E-state index >= 15 is 0 Å². The molecule has 1 N–H and O–H groups in total. The van der Waals surface area contributed by atoms with Gasteiger partial charge in [-0.25, -0.2) is 9.78 Å². The van der Waals surface area contributed by atoms with E-state index in [0.29, 0.717) is 5.52 Å². The van der Waals surface area contributed by atoms with Gasteiger partial charge < -0.3 is 0 Å². The van der Waals surface area contributed by atoms with Crippen molar-refractivity contribution in [2.45, 2.75) is 6.92 Å². The first kappa shape index (κ1) is 11.2.